The topological polar surface area (TPSA) is 78.4 Å². The van der Waals surface area contributed by atoms with Crippen molar-refractivity contribution in [3.8, 4) is 0 Å². The summed E-state index contributed by atoms with van der Waals surface area (Å²) in [6.45, 7) is 0. The number of hydrogen-bond acceptors (Lipinski definition) is 4. The molecule has 1 aliphatic carbocycles. The number of nitrogens with one attached hydrogen (secondary N) is 2. The van der Waals surface area contributed by atoms with E-state index in [1.807, 2.05) is 11.4 Å². The van der Waals surface area contributed by atoms with Crippen LogP contribution in [0.5, 0.6) is 0 Å². The highest BCUT2D eigenvalue weighted by Crippen LogP contribution is 2.33. The molecule has 0 radical (unpaired) electrons. The van der Waals surface area contributed by atoms with Crippen LogP contribution in [0.3, 0.4) is 0 Å². The molecule has 1 aromatic rings. The van der Waals surface area contributed by atoms with Crippen molar-refractivity contribution in [2.24, 2.45) is 0 Å². The standard InChI is InChI=1S/C9H10N2O3S/c12-7-2-1-6(10-9(13)11-14)5-3-4-15-8(5)7/h3-4,6,14H,1-2H2,(H2,10,11,13). The number of hydroxylamine groups is 1. The average molecular weight is 226 g/mol. The maximum Gasteiger partial charge on any atom is 0.338 e. The lowest BCUT2D eigenvalue weighted by molar-refractivity contribution is 0.0967. The van der Waals surface area contributed by atoms with Crippen LogP contribution in [0.25, 0.3) is 0 Å². The van der Waals surface area contributed by atoms with Crippen molar-refractivity contribution < 1.29 is 14.8 Å². The molecular formula is C9H10N2O3S. The molecule has 1 heterocycles. The van der Waals surface area contributed by atoms with Gasteiger partial charge in [-0.05, 0) is 23.4 Å². The van der Waals surface area contributed by atoms with E-state index in [4.69, 9.17) is 5.21 Å². The maximum absolute atomic E-state index is 11.5. The predicted molar refractivity (Wildman–Crippen MR) is 54.1 cm³/mol. The Hall–Kier alpha value is -1.40. The van der Waals surface area contributed by atoms with Crippen molar-refractivity contribution in [1.29, 1.82) is 0 Å². The number of ketones is 1. The van der Waals surface area contributed by atoms with Gasteiger partial charge in [-0.2, -0.15) is 0 Å². The van der Waals surface area contributed by atoms with Gasteiger partial charge in [-0.25, -0.2) is 10.3 Å². The third kappa shape index (κ3) is 1.86. The second-order valence-electron chi connectivity index (χ2n) is 3.30. The van der Waals surface area contributed by atoms with Gasteiger partial charge in [0.25, 0.3) is 0 Å². The average Bonchev–Trinajstić information content (AvgIpc) is 2.71. The minimum atomic E-state index is -0.647. The molecule has 1 atom stereocenters. The molecular weight excluding hydrogens is 216 g/mol. The number of carbonyl (C=O) groups is 2. The first-order valence-corrected chi connectivity index (χ1v) is 5.41. The smallest absolute Gasteiger partial charge is 0.330 e. The summed E-state index contributed by atoms with van der Waals surface area (Å²) in [5.74, 6) is 0.127. The number of urea groups is 1. The number of Topliss-reactive ketones (excluding diaryl/α,β-unsaturated/α-hetero) is 1. The molecule has 5 nitrogen and oxygen atoms in total. The Balaban J connectivity index is 2.21. The Bertz CT molecular complexity index is 402. The van der Waals surface area contributed by atoms with Gasteiger partial charge in [0.1, 0.15) is 0 Å². The van der Waals surface area contributed by atoms with E-state index in [9.17, 15) is 9.59 Å². The van der Waals surface area contributed by atoms with E-state index in [0.29, 0.717) is 17.7 Å². The van der Waals surface area contributed by atoms with Crippen LogP contribution >= 0.6 is 11.3 Å². The van der Waals surface area contributed by atoms with Gasteiger partial charge in [0.05, 0.1) is 10.9 Å². The molecule has 0 spiro atoms. The van der Waals surface area contributed by atoms with E-state index in [-0.39, 0.29) is 11.8 Å². The van der Waals surface area contributed by atoms with E-state index in [2.05, 4.69) is 5.32 Å². The molecule has 0 fully saturated rings. The summed E-state index contributed by atoms with van der Waals surface area (Å²) >= 11 is 1.39. The molecule has 80 valence electrons. The molecule has 1 unspecified atom stereocenters. The zero-order valence-electron chi connectivity index (χ0n) is 7.82. The van der Waals surface area contributed by atoms with E-state index < -0.39 is 6.03 Å². The van der Waals surface area contributed by atoms with E-state index >= 15 is 0 Å². The fourth-order valence-electron chi connectivity index (χ4n) is 1.71. The number of hydrogen-bond donors (Lipinski definition) is 3. The van der Waals surface area contributed by atoms with Crippen molar-refractivity contribution in [1.82, 2.24) is 10.8 Å². The van der Waals surface area contributed by atoms with E-state index in [1.54, 1.807) is 0 Å². The summed E-state index contributed by atoms with van der Waals surface area (Å²) in [6.07, 6.45) is 1.01. The summed E-state index contributed by atoms with van der Waals surface area (Å²) in [6, 6.07) is 1.00. The van der Waals surface area contributed by atoms with Gasteiger partial charge in [-0.1, -0.05) is 0 Å². The maximum atomic E-state index is 11.5. The van der Waals surface area contributed by atoms with Gasteiger partial charge in [-0.3, -0.25) is 10.0 Å². The molecule has 0 saturated carbocycles. The van der Waals surface area contributed by atoms with Crippen LogP contribution in [0.15, 0.2) is 11.4 Å². The van der Waals surface area contributed by atoms with Crippen LogP contribution in [-0.4, -0.2) is 17.0 Å². The Labute approximate surface area is 90.1 Å². The van der Waals surface area contributed by atoms with Crippen LogP contribution in [-0.2, 0) is 0 Å². The minimum absolute atomic E-state index is 0.127. The third-order valence-corrected chi connectivity index (χ3v) is 3.36. The molecule has 0 aliphatic heterocycles. The van der Waals surface area contributed by atoms with Gasteiger partial charge < -0.3 is 5.32 Å². The number of fused-ring (bicyclic) bond motifs is 1. The molecule has 0 saturated heterocycles. The Kier molecular flexibility index (Phi) is 2.70. The van der Waals surface area contributed by atoms with Gasteiger partial charge in [-0.15, -0.1) is 11.3 Å². The Morgan fingerprint density at radius 1 is 1.60 bits per heavy atom. The molecule has 0 aromatic carbocycles. The van der Waals surface area contributed by atoms with Crippen LogP contribution < -0.4 is 10.8 Å². The van der Waals surface area contributed by atoms with Crippen molar-refractivity contribution in [2.75, 3.05) is 0 Å². The van der Waals surface area contributed by atoms with E-state index in [1.165, 1.54) is 16.8 Å². The normalized spacial score (nSPS) is 19.5. The summed E-state index contributed by atoms with van der Waals surface area (Å²) in [4.78, 5) is 23.1. The van der Waals surface area contributed by atoms with Crippen molar-refractivity contribution in [2.45, 2.75) is 18.9 Å². The predicted octanol–water partition coefficient (Wildman–Crippen LogP) is 1.45. The molecule has 1 aliphatic rings. The van der Waals surface area contributed by atoms with Crippen LogP contribution in [0.4, 0.5) is 4.79 Å². The minimum Gasteiger partial charge on any atom is -0.330 e. The third-order valence-electron chi connectivity index (χ3n) is 2.39. The molecule has 1 aromatic heterocycles. The number of carbonyl (C=O) groups excluding carboxylic acids is 2. The fourth-order valence-corrected chi connectivity index (χ4v) is 2.64. The second-order valence-corrected chi connectivity index (χ2v) is 4.22. The quantitative estimate of drug-likeness (QED) is 0.501. The van der Waals surface area contributed by atoms with Crippen molar-refractivity contribution in [3.05, 3.63) is 21.9 Å². The van der Waals surface area contributed by atoms with Gasteiger partial charge in [0.2, 0.25) is 0 Å². The van der Waals surface area contributed by atoms with Crippen LogP contribution in [0, 0.1) is 0 Å². The largest absolute Gasteiger partial charge is 0.338 e. The molecule has 15 heavy (non-hydrogen) atoms. The second kappa shape index (κ2) is 4.00. The number of thiophene rings is 1. The van der Waals surface area contributed by atoms with Crippen molar-refractivity contribution in [3.63, 3.8) is 0 Å². The lowest BCUT2D eigenvalue weighted by Crippen LogP contribution is -2.37. The Morgan fingerprint density at radius 3 is 3.13 bits per heavy atom. The lowest BCUT2D eigenvalue weighted by atomic mass is 9.93. The number of amides is 2. The zero-order chi connectivity index (χ0) is 10.8. The highest BCUT2D eigenvalue weighted by Gasteiger charge is 2.27. The Morgan fingerprint density at radius 2 is 2.40 bits per heavy atom. The summed E-state index contributed by atoms with van der Waals surface area (Å²) < 4.78 is 0. The van der Waals surface area contributed by atoms with E-state index in [0.717, 1.165) is 5.56 Å². The summed E-state index contributed by atoms with van der Waals surface area (Å²) in [5, 5.41) is 12.8. The highest BCUT2D eigenvalue weighted by molar-refractivity contribution is 7.12. The highest BCUT2D eigenvalue weighted by atomic mass is 32.1. The van der Waals surface area contributed by atoms with Crippen molar-refractivity contribution >= 4 is 23.2 Å². The van der Waals surface area contributed by atoms with Crippen LogP contribution in [0.2, 0.25) is 0 Å². The van der Waals surface area contributed by atoms with Crippen LogP contribution in [0.1, 0.15) is 34.1 Å². The summed E-state index contributed by atoms with van der Waals surface area (Å²) in [7, 11) is 0. The molecule has 6 heteroatoms. The number of rotatable bonds is 1. The first kappa shape index (κ1) is 10.1. The lowest BCUT2D eigenvalue weighted by Gasteiger charge is -2.22. The first-order valence-electron chi connectivity index (χ1n) is 4.53. The van der Waals surface area contributed by atoms with Gasteiger partial charge in [0, 0.05) is 6.42 Å². The summed E-state index contributed by atoms with van der Waals surface area (Å²) in [5.41, 5.74) is 2.36. The fraction of sp³-hybridized carbons (Fsp3) is 0.333. The molecule has 3 N–H and O–H groups in total. The zero-order valence-corrected chi connectivity index (χ0v) is 8.63. The SMILES string of the molecule is O=C(NO)NC1CCC(=O)c2sccc21. The monoisotopic (exact) mass is 226 g/mol. The molecule has 2 amide bonds. The molecule has 0 bridgehead atoms. The van der Waals surface area contributed by atoms with Gasteiger partial charge >= 0.3 is 6.03 Å². The first-order chi connectivity index (χ1) is 7.22. The van der Waals surface area contributed by atoms with Gasteiger partial charge in [0.15, 0.2) is 5.78 Å². The molecule has 2 rings (SSSR count).